The Balaban J connectivity index is 1.78. The van der Waals surface area contributed by atoms with Crippen molar-refractivity contribution in [1.29, 1.82) is 0 Å². The van der Waals surface area contributed by atoms with Crippen molar-refractivity contribution < 1.29 is 14.3 Å². The summed E-state index contributed by atoms with van der Waals surface area (Å²) in [5.41, 5.74) is 1.13. The number of carbonyl (C=O) groups excluding carboxylic acids is 1. The van der Waals surface area contributed by atoms with Crippen molar-refractivity contribution in [2.24, 2.45) is 4.99 Å². The third-order valence-electron chi connectivity index (χ3n) is 4.50. The molecule has 0 spiro atoms. The van der Waals surface area contributed by atoms with Crippen molar-refractivity contribution in [2.75, 3.05) is 40.4 Å². The third-order valence-corrected chi connectivity index (χ3v) is 4.50. The molecule has 1 unspecified atom stereocenters. The smallest absolute Gasteiger partial charge is 0.409 e. The van der Waals surface area contributed by atoms with Crippen LogP contribution in [0.4, 0.5) is 4.79 Å². The number of methoxy groups -OCH3 is 1. The van der Waals surface area contributed by atoms with Crippen molar-refractivity contribution in [3.63, 3.8) is 0 Å². The number of amides is 1. The second-order valence-electron chi connectivity index (χ2n) is 6.19. The van der Waals surface area contributed by atoms with Gasteiger partial charge in [-0.1, -0.05) is 30.3 Å². The maximum Gasteiger partial charge on any atom is 0.409 e. The molecular formula is C19H30N4O3. The number of hydrogen-bond acceptors (Lipinski definition) is 4. The summed E-state index contributed by atoms with van der Waals surface area (Å²) in [4.78, 5) is 17.8. The van der Waals surface area contributed by atoms with Crippen LogP contribution in [0.2, 0.25) is 0 Å². The van der Waals surface area contributed by atoms with Crippen LogP contribution in [-0.4, -0.2) is 63.4 Å². The van der Waals surface area contributed by atoms with Gasteiger partial charge in [-0.2, -0.15) is 0 Å². The molecule has 1 aromatic rings. The summed E-state index contributed by atoms with van der Waals surface area (Å²) in [5.74, 6) is 0.748. The number of ether oxygens (including phenoxy) is 2. The van der Waals surface area contributed by atoms with Gasteiger partial charge in [0.1, 0.15) is 0 Å². The monoisotopic (exact) mass is 362 g/mol. The molecule has 1 atom stereocenters. The predicted octanol–water partition coefficient (Wildman–Crippen LogP) is 2.16. The molecule has 1 aliphatic rings. The van der Waals surface area contributed by atoms with Crippen molar-refractivity contribution in [2.45, 2.75) is 31.9 Å². The molecule has 1 saturated heterocycles. The molecule has 1 heterocycles. The number of likely N-dealkylation sites (tertiary alicyclic amines) is 1. The molecule has 0 bridgehead atoms. The van der Waals surface area contributed by atoms with Crippen LogP contribution in [0.25, 0.3) is 0 Å². The molecule has 7 heteroatoms. The predicted molar refractivity (Wildman–Crippen MR) is 102 cm³/mol. The zero-order chi connectivity index (χ0) is 18.8. The van der Waals surface area contributed by atoms with Gasteiger partial charge in [0.05, 0.1) is 12.7 Å². The lowest BCUT2D eigenvalue weighted by Gasteiger charge is -2.32. The molecule has 26 heavy (non-hydrogen) atoms. The van der Waals surface area contributed by atoms with E-state index in [4.69, 9.17) is 9.47 Å². The van der Waals surface area contributed by atoms with E-state index >= 15 is 0 Å². The van der Waals surface area contributed by atoms with Crippen molar-refractivity contribution in [3.05, 3.63) is 35.9 Å². The van der Waals surface area contributed by atoms with Crippen LogP contribution in [0.5, 0.6) is 0 Å². The van der Waals surface area contributed by atoms with Gasteiger partial charge < -0.3 is 25.0 Å². The Labute approximate surface area is 155 Å². The molecule has 144 valence electrons. The summed E-state index contributed by atoms with van der Waals surface area (Å²) in [6.45, 7) is 4.25. The fourth-order valence-electron chi connectivity index (χ4n) is 3.00. The SMILES string of the molecule is CCOC(=O)N1CCC(NC(=NC)NCC(OC)c2ccccc2)CC1. The first kappa shape index (κ1) is 20.0. The first-order valence-corrected chi connectivity index (χ1v) is 9.14. The van der Waals surface area contributed by atoms with Crippen LogP contribution < -0.4 is 10.6 Å². The Kier molecular flexibility index (Phi) is 8.21. The number of aliphatic imine (C=N–C) groups is 1. The van der Waals surface area contributed by atoms with Crippen LogP contribution in [0.3, 0.4) is 0 Å². The average Bonchev–Trinajstić information content (AvgIpc) is 2.69. The Hall–Kier alpha value is -2.28. The number of benzene rings is 1. The van der Waals surface area contributed by atoms with Gasteiger partial charge in [0, 0.05) is 39.8 Å². The molecule has 0 aliphatic carbocycles. The summed E-state index contributed by atoms with van der Waals surface area (Å²) in [6, 6.07) is 10.4. The van der Waals surface area contributed by atoms with Crippen molar-refractivity contribution >= 4 is 12.1 Å². The van der Waals surface area contributed by atoms with Crippen LogP contribution in [0.1, 0.15) is 31.4 Å². The number of carbonyl (C=O) groups is 1. The highest BCUT2D eigenvalue weighted by Crippen LogP contribution is 2.15. The van der Waals surface area contributed by atoms with Crippen LogP contribution in [0, 0.1) is 0 Å². The van der Waals surface area contributed by atoms with Gasteiger partial charge in [-0.3, -0.25) is 4.99 Å². The highest BCUT2D eigenvalue weighted by Gasteiger charge is 2.24. The first-order chi connectivity index (χ1) is 12.7. The summed E-state index contributed by atoms with van der Waals surface area (Å²) < 4.78 is 10.6. The molecule has 2 rings (SSSR count). The lowest BCUT2D eigenvalue weighted by Crippen LogP contribution is -2.50. The molecule has 1 aliphatic heterocycles. The summed E-state index contributed by atoms with van der Waals surface area (Å²) >= 11 is 0. The molecular weight excluding hydrogens is 332 g/mol. The quantitative estimate of drug-likeness (QED) is 0.599. The van der Waals surface area contributed by atoms with Gasteiger partial charge >= 0.3 is 6.09 Å². The summed E-state index contributed by atoms with van der Waals surface area (Å²) in [6.07, 6.45) is 1.47. The van der Waals surface area contributed by atoms with E-state index in [9.17, 15) is 4.79 Å². The molecule has 2 N–H and O–H groups in total. The molecule has 1 amide bonds. The van der Waals surface area contributed by atoms with Crippen molar-refractivity contribution in [3.8, 4) is 0 Å². The number of guanidine groups is 1. The Morgan fingerprint density at radius 3 is 2.58 bits per heavy atom. The maximum absolute atomic E-state index is 11.8. The zero-order valence-corrected chi connectivity index (χ0v) is 15.9. The lowest BCUT2D eigenvalue weighted by atomic mass is 10.1. The van der Waals surface area contributed by atoms with E-state index in [1.165, 1.54) is 0 Å². The third kappa shape index (κ3) is 5.91. The summed E-state index contributed by atoms with van der Waals surface area (Å²) in [5, 5.41) is 6.76. The number of rotatable bonds is 6. The number of nitrogens with one attached hydrogen (secondary N) is 2. The van der Waals surface area contributed by atoms with E-state index in [0.717, 1.165) is 24.4 Å². The number of nitrogens with zero attached hydrogens (tertiary/aromatic N) is 2. The van der Waals surface area contributed by atoms with E-state index in [1.807, 2.05) is 25.1 Å². The first-order valence-electron chi connectivity index (χ1n) is 9.14. The van der Waals surface area contributed by atoms with Gasteiger partial charge in [0.25, 0.3) is 0 Å². The number of piperidine rings is 1. The van der Waals surface area contributed by atoms with Crippen molar-refractivity contribution in [1.82, 2.24) is 15.5 Å². The molecule has 0 radical (unpaired) electrons. The zero-order valence-electron chi connectivity index (χ0n) is 15.9. The van der Waals surface area contributed by atoms with Gasteiger partial charge in [-0.05, 0) is 25.3 Å². The van der Waals surface area contributed by atoms with E-state index in [2.05, 4.69) is 27.8 Å². The molecule has 7 nitrogen and oxygen atoms in total. The van der Waals surface area contributed by atoms with Gasteiger partial charge in [0.2, 0.25) is 0 Å². The standard InChI is InChI=1S/C19H30N4O3/c1-4-26-19(24)23-12-10-16(11-13-23)22-18(20-2)21-14-17(25-3)15-8-6-5-7-9-15/h5-9,16-17H,4,10-14H2,1-3H3,(H2,20,21,22). The van der Waals surface area contributed by atoms with Crippen LogP contribution in [-0.2, 0) is 9.47 Å². The Bertz CT molecular complexity index is 571. The van der Waals surface area contributed by atoms with Gasteiger partial charge in [-0.25, -0.2) is 4.79 Å². The minimum absolute atomic E-state index is 0.0413. The topological polar surface area (TPSA) is 75.2 Å². The number of hydrogen-bond donors (Lipinski definition) is 2. The second-order valence-corrected chi connectivity index (χ2v) is 6.19. The second kappa shape index (κ2) is 10.7. The van der Waals surface area contributed by atoms with E-state index < -0.39 is 0 Å². The molecule has 1 aromatic carbocycles. The van der Waals surface area contributed by atoms with Gasteiger partial charge in [-0.15, -0.1) is 0 Å². The molecule has 1 fully saturated rings. The van der Waals surface area contributed by atoms with E-state index in [1.54, 1.807) is 19.1 Å². The van der Waals surface area contributed by atoms with Gasteiger partial charge in [0.15, 0.2) is 5.96 Å². The average molecular weight is 362 g/mol. The Morgan fingerprint density at radius 2 is 2.00 bits per heavy atom. The van der Waals surface area contributed by atoms with E-state index in [0.29, 0.717) is 26.2 Å². The minimum atomic E-state index is -0.223. The van der Waals surface area contributed by atoms with E-state index in [-0.39, 0.29) is 18.2 Å². The van der Waals surface area contributed by atoms with Crippen LogP contribution >= 0.6 is 0 Å². The fraction of sp³-hybridized carbons (Fsp3) is 0.579. The summed E-state index contributed by atoms with van der Waals surface area (Å²) in [7, 11) is 3.47. The highest BCUT2D eigenvalue weighted by atomic mass is 16.6. The molecule has 0 saturated carbocycles. The molecule has 0 aromatic heterocycles. The maximum atomic E-state index is 11.8. The largest absolute Gasteiger partial charge is 0.450 e. The fourth-order valence-corrected chi connectivity index (χ4v) is 3.00. The minimum Gasteiger partial charge on any atom is -0.450 e. The van der Waals surface area contributed by atoms with Crippen LogP contribution in [0.15, 0.2) is 35.3 Å². The highest BCUT2D eigenvalue weighted by molar-refractivity contribution is 5.80. The Morgan fingerprint density at radius 1 is 1.31 bits per heavy atom. The lowest BCUT2D eigenvalue weighted by molar-refractivity contribution is 0.0960. The normalized spacial score (nSPS) is 16.9.